The summed E-state index contributed by atoms with van der Waals surface area (Å²) >= 11 is 1.54. The van der Waals surface area contributed by atoms with Gasteiger partial charge in [0.25, 0.3) is 0 Å². The van der Waals surface area contributed by atoms with E-state index in [1.165, 1.54) is 0 Å². The third kappa shape index (κ3) is 3.01. The van der Waals surface area contributed by atoms with Gasteiger partial charge in [-0.25, -0.2) is 0 Å². The lowest BCUT2D eigenvalue weighted by Gasteiger charge is -2.29. The Morgan fingerprint density at radius 1 is 1.53 bits per heavy atom. The van der Waals surface area contributed by atoms with Crippen LogP contribution in [-0.2, 0) is 4.79 Å². The second kappa shape index (κ2) is 5.10. The monoisotopic (exact) mass is 251 g/mol. The minimum atomic E-state index is 0.0709. The van der Waals surface area contributed by atoms with Gasteiger partial charge in [-0.3, -0.25) is 14.5 Å². The first-order valence-corrected chi connectivity index (χ1v) is 6.72. The van der Waals surface area contributed by atoms with Crippen molar-refractivity contribution in [1.29, 1.82) is 0 Å². The van der Waals surface area contributed by atoms with Crippen molar-refractivity contribution in [2.24, 2.45) is 5.92 Å². The van der Waals surface area contributed by atoms with Gasteiger partial charge in [-0.15, -0.1) is 11.3 Å². The molecule has 0 amide bonds. The Morgan fingerprint density at radius 3 is 2.88 bits per heavy atom. The van der Waals surface area contributed by atoms with Crippen LogP contribution in [-0.4, -0.2) is 36.1 Å². The molecule has 0 radical (unpaired) electrons. The minimum absolute atomic E-state index is 0.0709. The van der Waals surface area contributed by atoms with Gasteiger partial charge in [0.05, 0.1) is 11.4 Å². The predicted molar refractivity (Wildman–Crippen MR) is 68.6 cm³/mol. The Kier molecular flexibility index (Phi) is 3.74. The molecule has 0 saturated carbocycles. The van der Waals surface area contributed by atoms with Crippen LogP contribution in [0.5, 0.6) is 0 Å². The molecule has 0 bridgehead atoms. The lowest BCUT2D eigenvalue weighted by molar-refractivity contribution is -0.125. The summed E-state index contributed by atoms with van der Waals surface area (Å²) in [6.45, 7) is 5.82. The van der Waals surface area contributed by atoms with Gasteiger partial charge in [-0.1, -0.05) is 6.92 Å². The molecule has 0 aromatic carbocycles. The van der Waals surface area contributed by atoms with Crippen LogP contribution in [0.1, 0.15) is 27.9 Å². The molecule has 1 unspecified atom stereocenters. The number of ketones is 2. The molecule has 2 heterocycles. The first-order chi connectivity index (χ1) is 8.06. The number of carbonyl (C=O) groups excluding carboxylic acids is 2. The van der Waals surface area contributed by atoms with Gasteiger partial charge < -0.3 is 0 Å². The van der Waals surface area contributed by atoms with Crippen LogP contribution >= 0.6 is 11.3 Å². The Balaban J connectivity index is 1.93. The maximum absolute atomic E-state index is 12.0. The zero-order chi connectivity index (χ0) is 12.4. The second-order valence-electron chi connectivity index (χ2n) is 4.69. The van der Waals surface area contributed by atoms with Gasteiger partial charge in [0.15, 0.2) is 5.78 Å². The molecule has 2 rings (SSSR count). The smallest absolute Gasteiger partial charge is 0.186 e. The minimum Gasteiger partial charge on any atom is -0.299 e. The fourth-order valence-corrected chi connectivity index (χ4v) is 2.90. The van der Waals surface area contributed by atoms with E-state index in [-0.39, 0.29) is 11.7 Å². The number of carbonyl (C=O) groups is 2. The average molecular weight is 251 g/mol. The maximum atomic E-state index is 12.0. The van der Waals surface area contributed by atoms with Crippen LogP contribution in [0.3, 0.4) is 0 Å². The molecule has 1 fully saturated rings. The van der Waals surface area contributed by atoms with Crippen molar-refractivity contribution in [3.63, 3.8) is 0 Å². The van der Waals surface area contributed by atoms with Gasteiger partial charge in [0.2, 0.25) is 0 Å². The summed E-state index contributed by atoms with van der Waals surface area (Å²) in [4.78, 5) is 27.5. The summed E-state index contributed by atoms with van der Waals surface area (Å²) in [6.07, 6.45) is 0.581. The molecule has 1 saturated heterocycles. The van der Waals surface area contributed by atoms with Crippen LogP contribution in [0.2, 0.25) is 0 Å². The van der Waals surface area contributed by atoms with E-state index in [1.807, 2.05) is 26.0 Å². The number of Topliss-reactive ketones (excluding diaryl/α,β-unsaturated/α-hetero) is 2. The highest BCUT2D eigenvalue weighted by atomic mass is 32.1. The van der Waals surface area contributed by atoms with E-state index >= 15 is 0 Å². The molecule has 0 spiro atoms. The Bertz CT molecular complexity index is 438. The number of piperidine rings is 1. The van der Waals surface area contributed by atoms with E-state index in [0.717, 1.165) is 22.8 Å². The molecule has 4 heteroatoms. The van der Waals surface area contributed by atoms with E-state index in [1.54, 1.807) is 11.3 Å². The fourth-order valence-electron chi connectivity index (χ4n) is 2.10. The zero-order valence-electron chi connectivity index (χ0n) is 10.2. The van der Waals surface area contributed by atoms with Gasteiger partial charge >= 0.3 is 0 Å². The molecule has 1 aromatic heterocycles. The molecule has 0 N–H and O–H groups in total. The van der Waals surface area contributed by atoms with E-state index < -0.39 is 0 Å². The summed E-state index contributed by atoms with van der Waals surface area (Å²) in [5.41, 5.74) is 0. The first kappa shape index (κ1) is 12.5. The third-order valence-electron chi connectivity index (χ3n) is 3.14. The number of hydrogen-bond donors (Lipinski definition) is 0. The zero-order valence-corrected chi connectivity index (χ0v) is 11.0. The highest BCUT2D eigenvalue weighted by molar-refractivity contribution is 7.14. The molecule has 92 valence electrons. The molecule has 3 nitrogen and oxygen atoms in total. The second-order valence-corrected chi connectivity index (χ2v) is 5.97. The molecule has 1 aliphatic heterocycles. The molecule has 1 aliphatic rings. The van der Waals surface area contributed by atoms with Crippen molar-refractivity contribution < 1.29 is 9.59 Å². The molecular formula is C13H17NO2S. The number of likely N-dealkylation sites (tertiary alicyclic amines) is 1. The highest BCUT2D eigenvalue weighted by Gasteiger charge is 2.25. The van der Waals surface area contributed by atoms with Crippen LogP contribution < -0.4 is 0 Å². The van der Waals surface area contributed by atoms with Crippen molar-refractivity contribution in [3.05, 3.63) is 21.9 Å². The highest BCUT2D eigenvalue weighted by Crippen LogP contribution is 2.18. The van der Waals surface area contributed by atoms with Crippen molar-refractivity contribution in [2.45, 2.75) is 20.3 Å². The summed E-state index contributed by atoms with van der Waals surface area (Å²) in [6, 6.07) is 3.86. The lowest BCUT2D eigenvalue weighted by Crippen LogP contribution is -2.42. The largest absolute Gasteiger partial charge is 0.299 e. The fraction of sp³-hybridized carbons (Fsp3) is 0.538. The number of rotatable bonds is 3. The summed E-state index contributed by atoms with van der Waals surface area (Å²) < 4.78 is 0. The lowest BCUT2D eigenvalue weighted by atomic mass is 9.98. The van der Waals surface area contributed by atoms with Gasteiger partial charge in [-0.2, -0.15) is 0 Å². The number of aryl methyl sites for hydroxylation is 1. The van der Waals surface area contributed by atoms with E-state index in [2.05, 4.69) is 4.90 Å². The average Bonchev–Trinajstić information content (AvgIpc) is 2.70. The SMILES string of the molecule is Cc1ccc(C(=O)CN2CCC(=O)C(C)C2)s1. The van der Waals surface area contributed by atoms with Crippen LogP contribution in [0.15, 0.2) is 12.1 Å². The standard InChI is InChI=1S/C13H17NO2S/c1-9-7-14(6-5-11(9)15)8-12(16)13-4-3-10(2)17-13/h3-4,9H,5-8H2,1-2H3. The Hall–Kier alpha value is -1.00. The van der Waals surface area contributed by atoms with E-state index in [9.17, 15) is 9.59 Å². The summed E-state index contributed by atoms with van der Waals surface area (Å²) in [7, 11) is 0. The number of nitrogens with zero attached hydrogens (tertiary/aromatic N) is 1. The quantitative estimate of drug-likeness (QED) is 0.772. The van der Waals surface area contributed by atoms with Crippen LogP contribution in [0.4, 0.5) is 0 Å². The van der Waals surface area contributed by atoms with E-state index in [0.29, 0.717) is 18.7 Å². The van der Waals surface area contributed by atoms with Crippen molar-refractivity contribution in [2.75, 3.05) is 19.6 Å². The number of thiophene rings is 1. The molecule has 1 atom stereocenters. The molecular weight excluding hydrogens is 234 g/mol. The third-order valence-corrected chi connectivity index (χ3v) is 4.18. The first-order valence-electron chi connectivity index (χ1n) is 5.91. The molecule has 17 heavy (non-hydrogen) atoms. The van der Waals surface area contributed by atoms with E-state index in [4.69, 9.17) is 0 Å². The molecule has 0 aliphatic carbocycles. The maximum Gasteiger partial charge on any atom is 0.186 e. The van der Waals surface area contributed by atoms with Crippen LogP contribution in [0, 0.1) is 12.8 Å². The van der Waals surface area contributed by atoms with Crippen molar-refractivity contribution >= 4 is 22.9 Å². The summed E-state index contributed by atoms with van der Waals surface area (Å²) in [5, 5.41) is 0. The Labute approximate surface area is 105 Å². The van der Waals surface area contributed by atoms with Gasteiger partial charge in [0.1, 0.15) is 5.78 Å². The van der Waals surface area contributed by atoms with Crippen molar-refractivity contribution in [3.8, 4) is 0 Å². The summed E-state index contributed by atoms with van der Waals surface area (Å²) in [5.74, 6) is 0.562. The van der Waals surface area contributed by atoms with Gasteiger partial charge in [-0.05, 0) is 19.1 Å². The van der Waals surface area contributed by atoms with Crippen LogP contribution in [0.25, 0.3) is 0 Å². The van der Waals surface area contributed by atoms with Gasteiger partial charge in [0, 0.05) is 30.3 Å². The Morgan fingerprint density at radius 2 is 2.29 bits per heavy atom. The molecule has 1 aromatic rings. The topological polar surface area (TPSA) is 37.4 Å². The normalized spacial score (nSPS) is 21.8. The number of hydrogen-bond acceptors (Lipinski definition) is 4. The predicted octanol–water partition coefficient (Wildman–Crippen LogP) is 2.15. The van der Waals surface area contributed by atoms with Crippen molar-refractivity contribution in [1.82, 2.24) is 4.90 Å².